The molecule has 3 aromatic rings. The average molecular weight is 429 g/mol. The summed E-state index contributed by atoms with van der Waals surface area (Å²) in [6, 6.07) is 22.1. The molecule has 156 valence electrons. The Balaban J connectivity index is 1.41. The third-order valence-corrected chi connectivity index (χ3v) is 5.84. The number of carbonyl (C=O) groups is 1. The predicted octanol–water partition coefficient (Wildman–Crippen LogP) is 6.08. The second-order valence-electron chi connectivity index (χ2n) is 7.61. The summed E-state index contributed by atoms with van der Waals surface area (Å²) in [5, 5.41) is 3.45. The minimum Gasteiger partial charge on any atom is -0.489 e. The largest absolute Gasteiger partial charge is 0.489 e. The Kier molecular flexibility index (Phi) is 6.23. The molecule has 31 heavy (non-hydrogen) atoms. The van der Waals surface area contributed by atoms with Gasteiger partial charge in [-0.15, -0.1) is 0 Å². The van der Waals surface area contributed by atoms with Crippen molar-refractivity contribution in [3.8, 4) is 5.75 Å². The van der Waals surface area contributed by atoms with Crippen molar-refractivity contribution in [2.75, 3.05) is 0 Å². The van der Waals surface area contributed by atoms with Crippen molar-refractivity contribution in [3.63, 3.8) is 0 Å². The molecule has 4 nitrogen and oxygen atoms in total. The number of hydrogen-bond acceptors (Lipinski definition) is 4. The molecule has 1 N–H and O–H groups in total. The summed E-state index contributed by atoms with van der Waals surface area (Å²) < 4.78 is 5.86. The lowest BCUT2D eigenvalue weighted by Crippen LogP contribution is -2.19. The first-order valence-electron chi connectivity index (χ1n) is 10.1. The first-order valence-corrected chi connectivity index (χ1v) is 10.9. The van der Waals surface area contributed by atoms with Gasteiger partial charge in [0.25, 0.3) is 5.91 Å². The van der Waals surface area contributed by atoms with E-state index in [9.17, 15) is 4.79 Å². The van der Waals surface area contributed by atoms with Gasteiger partial charge in [-0.25, -0.2) is 4.99 Å². The molecule has 4 rings (SSSR count). The number of nitrogens with one attached hydrogen (secondary N) is 1. The van der Waals surface area contributed by atoms with Crippen LogP contribution in [0.25, 0.3) is 6.08 Å². The molecule has 0 aromatic heterocycles. The van der Waals surface area contributed by atoms with Gasteiger partial charge in [-0.2, -0.15) is 0 Å². The van der Waals surface area contributed by atoms with Gasteiger partial charge in [-0.3, -0.25) is 4.79 Å². The predicted molar refractivity (Wildman–Crippen MR) is 129 cm³/mol. The highest BCUT2D eigenvalue weighted by Crippen LogP contribution is 2.29. The van der Waals surface area contributed by atoms with Crippen LogP contribution in [0.3, 0.4) is 0 Å². The topological polar surface area (TPSA) is 50.7 Å². The van der Waals surface area contributed by atoms with Crippen LogP contribution in [0.2, 0.25) is 0 Å². The zero-order valence-corrected chi connectivity index (χ0v) is 18.6. The molecule has 0 atom stereocenters. The van der Waals surface area contributed by atoms with Gasteiger partial charge < -0.3 is 10.1 Å². The molecule has 3 aromatic carbocycles. The van der Waals surface area contributed by atoms with Crippen LogP contribution in [-0.4, -0.2) is 11.1 Å². The molecular formula is C26H24N2O2S. The van der Waals surface area contributed by atoms with E-state index in [0.29, 0.717) is 16.7 Å². The summed E-state index contributed by atoms with van der Waals surface area (Å²) in [5.41, 5.74) is 6.44. The number of nitrogens with zero attached hydrogens (tertiary/aromatic N) is 1. The number of amidine groups is 1. The molecule has 1 aliphatic rings. The van der Waals surface area contributed by atoms with E-state index in [1.807, 2.05) is 49.4 Å². The third kappa shape index (κ3) is 5.44. The van der Waals surface area contributed by atoms with Crippen LogP contribution in [0.1, 0.15) is 27.8 Å². The summed E-state index contributed by atoms with van der Waals surface area (Å²) >= 11 is 1.35. The Morgan fingerprint density at radius 3 is 2.35 bits per heavy atom. The van der Waals surface area contributed by atoms with E-state index in [4.69, 9.17) is 4.74 Å². The maximum absolute atomic E-state index is 12.4. The van der Waals surface area contributed by atoms with Crippen molar-refractivity contribution in [3.05, 3.63) is 99.5 Å². The molecule has 0 radical (unpaired) electrons. The number of thioether (sulfide) groups is 1. The van der Waals surface area contributed by atoms with E-state index in [1.165, 1.54) is 22.9 Å². The van der Waals surface area contributed by atoms with Crippen molar-refractivity contribution in [1.29, 1.82) is 0 Å². The first-order chi connectivity index (χ1) is 15.0. The third-order valence-electron chi connectivity index (χ3n) is 4.93. The zero-order valence-electron chi connectivity index (χ0n) is 17.8. The van der Waals surface area contributed by atoms with Crippen molar-refractivity contribution in [2.24, 2.45) is 4.99 Å². The Morgan fingerprint density at radius 1 is 0.935 bits per heavy atom. The van der Waals surface area contributed by atoms with Gasteiger partial charge in [-0.05, 0) is 73.5 Å². The van der Waals surface area contributed by atoms with Gasteiger partial charge in [0.05, 0.1) is 10.6 Å². The number of benzene rings is 3. The molecule has 0 spiro atoms. The number of aliphatic imine (C=N–C) groups is 1. The molecule has 1 amide bonds. The van der Waals surface area contributed by atoms with Crippen LogP contribution >= 0.6 is 11.8 Å². The summed E-state index contributed by atoms with van der Waals surface area (Å²) in [6.45, 7) is 6.67. The van der Waals surface area contributed by atoms with Gasteiger partial charge >= 0.3 is 0 Å². The Morgan fingerprint density at radius 2 is 1.65 bits per heavy atom. The SMILES string of the molecule is Cc1ccc(COc2ccc(C=C3SC(=Nc4ccc(C)cc4C)NC3=O)cc2)cc1. The molecule has 5 heteroatoms. The summed E-state index contributed by atoms with van der Waals surface area (Å²) in [5.74, 6) is 0.663. The number of amides is 1. The maximum Gasteiger partial charge on any atom is 0.264 e. The second kappa shape index (κ2) is 9.23. The average Bonchev–Trinajstić information content (AvgIpc) is 3.09. The number of rotatable bonds is 5. The number of hydrogen-bond donors (Lipinski definition) is 1. The molecule has 0 unspecified atom stereocenters. The van der Waals surface area contributed by atoms with Gasteiger partial charge in [-0.1, -0.05) is 59.7 Å². The second-order valence-corrected chi connectivity index (χ2v) is 8.65. The Labute approximate surface area is 187 Å². The molecule has 1 aliphatic heterocycles. The summed E-state index contributed by atoms with van der Waals surface area (Å²) in [4.78, 5) is 17.6. The fraction of sp³-hybridized carbons (Fsp3) is 0.154. The van der Waals surface area contributed by atoms with Crippen LogP contribution in [0, 0.1) is 20.8 Å². The quantitative estimate of drug-likeness (QED) is 0.501. The normalized spacial score (nSPS) is 16.0. The van der Waals surface area contributed by atoms with Crippen LogP contribution < -0.4 is 10.1 Å². The lowest BCUT2D eigenvalue weighted by atomic mass is 10.1. The molecule has 0 bridgehead atoms. The fourth-order valence-corrected chi connectivity index (χ4v) is 4.02. The molecule has 0 aliphatic carbocycles. The maximum atomic E-state index is 12.4. The molecule has 0 saturated carbocycles. The number of carbonyl (C=O) groups excluding carboxylic acids is 1. The van der Waals surface area contributed by atoms with E-state index in [2.05, 4.69) is 54.5 Å². The Hall–Kier alpha value is -3.31. The fourth-order valence-electron chi connectivity index (χ4n) is 3.18. The number of aryl methyl sites for hydroxylation is 3. The number of ether oxygens (including phenoxy) is 1. The van der Waals surface area contributed by atoms with E-state index in [0.717, 1.165) is 28.1 Å². The minimum absolute atomic E-state index is 0.131. The summed E-state index contributed by atoms with van der Waals surface area (Å²) in [7, 11) is 0. The molecule has 1 heterocycles. The first kappa shape index (κ1) is 20.9. The molecular weight excluding hydrogens is 404 g/mol. The Bertz CT molecular complexity index is 1160. The highest BCUT2D eigenvalue weighted by atomic mass is 32.2. The van der Waals surface area contributed by atoms with E-state index < -0.39 is 0 Å². The highest BCUT2D eigenvalue weighted by molar-refractivity contribution is 8.18. The minimum atomic E-state index is -0.131. The molecule has 1 saturated heterocycles. The molecule has 1 fully saturated rings. The lowest BCUT2D eigenvalue weighted by molar-refractivity contribution is -0.115. The lowest BCUT2D eigenvalue weighted by Gasteiger charge is -2.07. The van der Waals surface area contributed by atoms with E-state index in [-0.39, 0.29) is 5.91 Å². The van der Waals surface area contributed by atoms with E-state index in [1.54, 1.807) is 0 Å². The van der Waals surface area contributed by atoms with Crippen LogP contribution in [0.15, 0.2) is 76.6 Å². The smallest absolute Gasteiger partial charge is 0.264 e. The van der Waals surface area contributed by atoms with Crippen molar-refractivity contribution in [1.82, 2.24) is 5.32 Å². The summed E-state index contributed by atoms with van der Waals surface area (Å²) in [6.07, 6.45) is 1.87. The van der Waals surface area contributed by atoms with Crippen LogP contribution in [0.5, 0.6) is 5.75 Å². The van der Waals surface area contributed by atoms with Crippen molar-refractivity contribution in [2.45, 2.75) is 27.4 Å². The standard InChI is InChI=1S/C26H24N2O2S/c1-17-4-7-21(8-5-17)16-30-22-11-9-20(10-12-22)15-24-25(29)28-26(31-24)27-23-13-6-18(2)14-19(23)3/h4-15H,16H2,1-3H3,(H,27,28,29). The van der Waals surface area contributed by atoms with Gasteiger partial charge in [0.15, 0.2) is 5.17 Å². The van der Waals surface area contributed by atoms with Crippen LogP contribution in [0.4, 0.5) is 5.69 Å². The van der Waals surface area contributed by atoms with Crippen LogP contribution in [-0.2, 0) is 11.4 Å². The highest BCUT2D eigenvalue weighted by Gasteiger charge is 2.23. The zero-order chi connectivity index (χ0) is 21.8. The van der Waals surface area contributed by atoms with Crippen molar-refractivity contribution >= 4 is 34.6 Å². The van der Waals surface area contributed by atoms with Gasteiger partial charge in [0.2, 0.25) is 0 Å². The van der Waals surface area contributed by atoms with Crippen molar-refractivity contribution < 1.29 is 9.53 Å². The van der Waals surface area contributed by atoms with E-state index >= 15 is 0 Å². The van der Waals surface area contributed by atoms with Gasteiger partial charge in [0.1, 0.15) is 12.4 Å². The monoisotopic (exact) mass is 428 g/mol. The van der Waals surface area contributed by atoms with Gasteiger partial charge in [0, 0.05) is 0 Å².